The van der Waals surface area contributed by atoms with Crippen LogP contribution in [0.2, 0.25) is 0 Å². The van der Waals surface area contributed by atoms with Crippen LogP contribution >= 0.6 is 0 Å². The van der Waals surface area contributed by atoms with Gasteiger partial charge in [0.2, 0.25) is 0 Å². The Kier molecular flexibility index (Phi) is 3.35. The topological polar surface area (TPSA) is 84.2 Å². The van der Waals surface area contributed by atoms with Crippen LogP contribution in [0.1, 0.15) is 11.6 Å². The highest BCUT2D eigenvalue weighted by molar-refractivity contribution is 5.30. The van der Waals surface area contributed by atoms with Crippen LogP contribution in [-0.2, 0) is 0 Å². The number of rotatable bonds is 2. The number of nitrogens with zero attached hydrogens (tertiary/aromatic N) is 1. The number of phenols is 1. The third kappa shape index (κ3) is 2.02. The minimum Gasteiger partial charge on any atom is -0.508 e. The molecule has 0 spiro atoms. The van der Waals surface area contributed by atoms with E-state index in [2.05, 4.69) is 0 Å². The lowest BCUT2D eigenvalue weighted by Crippen LogP contribution is -2.37. The van der Waals surface area contributed by atoms with Gasteiger partial charge < -0.3 is 20.4 Å². The molecule has 4 N–H and O–H groups in total. The molecule has 1 aromatic rings. The Bertz CT molecular complexity index is 381. The van der Waals surface area contributed by atoms with Crippen LogP contribution in [0.3, 0.4) is 0 Å². The van der Waals surface area contributed by atoms with Crippen molar-refractivity contribution in [1.29, 1.82) is 0 Å². The maximum atomic E-state index is 9.99. The summed E-state index contributed by atoms with van der Waals surface area (Å²) in [6.45, 7) is -0.205. The van der Waals surface area contributed by atoms with Gasteiger partial charge in [-0.25, -0.2) is 0 Å². The van der Waals surface area contributed by atoms with Gasteiger partial charge in [0.1, 0.15) is 11.9 Å². The fourth-order valence-corrected chi connectivity index (χ4v) is 2.44. The van der Waals surface area contributed by atoms with Crippen LogP contribution in [0.4, 0.5) is 0 Å². The molecule has 1 aromatic carbocycles. The van der Waals surface area contributed by atoms with E-state index >= 15 is 0 Å². The van der Waals surface area contributed by atoms with Gasteiger partial charge in [0.05, 0.1) is 24.8 Å². The average molecular weight is 239 g/mol. The molecule has 1 saturated heterocycles. The second kappa shape index (κ2) is 4.62. The molecule has 1 heterocycles. The van der Waals surface area contributed by atoms with Gasteiger partial charge in [0, 0.05) is 0 Å². The zero-order valence-electron chi connectivity index (χ0n) is 9.56. The first-order valence-electron chi connectivity index (χ1n) is 5.54. The highest BCUT2D eigenvalue weighted by atomic mass is 16.3. The summed E-state index contributed by atoms with van der Waals surface area (Å²) >= 11 is 0. The monoisotopic (exact) mass is 239 g/mol. The van der Waals surface area contributed by atoms with Gasteiger partial charge in [0.25, 0.3) is 0 Å². The van der Waals surface area contributed by atoms with Gasteiger partial charge >= 0.3 is 0 Å². The first kappa shape index (κ1) is 12.3. The first-order valence-corrected chi connectivity index (χ1v) is 5.54. The van der Waals surface area contributed by atoms with Crippen molar-refractivity contribution in [1.82, 2.24) is 4.90 Å². The summed E-state index contributed by atoms with van der Waals surface area (Å²) in [5.74, 6) is 0.156. The van der Waals surface area contributed by atoms with E-state index in [9.17, 15) is 20.4 Å². The Morgan fingerprint density at radius 1 is 1.12 bits per heavy atom. The van der Waals surface area contributed by atoms with Gasteiger partial charge in [-0.1, -0.05) is 12.1 Å². The van der Waals surface area contributed by atoms with E-state index in [4.69, 9.17) is 0 Å². The summed E-state index contributed by atoms with van der Waals surface area (Å²) in [5.41, 5.74) is 0.799. The summed E-state index contributed by atoms with van der Waals surface area (Å²) in [6.07, 6.45) is -1.91. The predicted octanol–water partition coefficient (Wildman–Crippen LogP) is -0.539. The molecule has 0 aromatic heterocycles. The van der Waals surface area contributed by atoms with Crippen molar-refractivity contribution in [2.75, 3.05) is 13.7 Å². The van der Waals surface area contributed by atoms with Gasteiger partial charge in [-0.05, 0) is 24.7 Å². The van der Waals surface area contributed by atoms with Crippen molar-refractivity contribution < 1.29 is 20.4 Å². The Morgan fingerprint density at radius 3 is 2.18 bits per heavy atom. The predicted molar refractivity (Wildman–Crippen MR) is 61.5 cm³/mol. The third-order valence-electron chi connectivity index (χ3n) is 3.45. The molecule has 1 aliphatic rings. The number of aromatic hydroxyl groups is 1. The van der Waals surface area contributed by atoms with Crippen LogP contribution < -0.4 is 0 Å². The minimum atomic E-state index is -0.969. The number of phenolic OH excluding ortho intramolecular Hbond substituents is 1. The van der Waals surface area contributed by atoms with E-state index in [0.29, 0.717) is 0 Å². The van der Waals surface area contributed by atoms with Gasteiger partial charge in [-0.3, -0.25) is 4.90 Å². The van der Waals surface area contributed by atoms with Crippen LogP contribution in [0.15, 0.2) is 24.3 Å². The normalized spacial score (nSPS) is 34.1. The van der Waals surface area contributed by atoms with Crippen molar-refractivity contribution in [3.05, 3.63) is 29.8 Å². The Hall–Kier alpha value is -1.14. The molecule has 5 heteroatoms. The van der Waals surface area contributed by atoms with Crippen molar-refractivity contribution in [2.45, 2.75) is 24.3 Å². The number of hydrogen-bond acceptors (Lipinski definition) is 5. The fraction of sp³-hybridized carbons (Fsp3) is 0.500. The Morgan fingerprint density at radius 2 is 1.71 bits per heavy atom. The minimum absolute atomic E-state index is 0.156. The molecule has 0 unspecified atom stereocenters. The standard InChI is InChI=1S/C12H17NO4/c1-13-9(6-14)11(16)12(17)10(13)7-2-4-8(15)5-3-7/h2-5,9-12,14-17H,6H2,1H3/t9-,10-,11-,12-/m1/s1. The molecule has 1 fully saturated rings. The summed E-state index contributed by atoms with van der Waals surface area (Å²) < 4.78 is 0. The van der Waals surface area contributed by atoms with Crippen LogP contribution in [0.25, 0.3) is 0 Å². The lowest BCUT2D eigenvalue weighted by atomic mass is 10.0. The number of benzene rings is 1. The highest BCUT2D eigenvalue weighted by Gasteiger charge is 2.45. The maximum Gasteiger partial charge on any atom is 0.115 e. The van der Waals surface area contributed by atoms with Crippen LogP contribution in [0, 0.1) is 0 Å². The van der Waals surface area contributed by atoms with Gasteiger partial charge in [-0.2, -0.15) is 0 Å². The molecule has 0 amide bonds. The van der Waals surface area contributed by atoms with Crippen molar-refractivity contribution in [3.8, 4) is 5.75 Å². The Labute approximate surface area is 99.6 Å². The third-order valence-corrected chi connectivity index (χ3v) is 3.45. The molecule has 0 aliphatic carbocycles. The summed E-state index contributed by atoms with van der Waals surface area (Å²) in [5, 5.41) is 38.2. The second-order valence-corrected chi connectivity index (χ2v) is 4.43. The molecule has 1 aliphatic heterocycles. The van der Waals surface area contributed by atoms with Crippen LogP contribution in [0.5, 0.6) is 5.75 Å². The number of hydrogen-bond donors (Lipinski definition) is 4. The molecular weight excluding hydrogens is 222 g/mol. The SMILES string of the molecule is CN1[C@H](CO)[C@@H](O)[C@H](O)[C@H]1c1ccc(O)cc1. The van der Waals surface area contributed by atoms with Gasteiger partial charge in [-0.15, -0.1) is 0 Å². The fourth-order valence-electron chi connectivity index (χ4n) is 2.44. The number of likely N-dealkylation sites (N-methyl/N-ethyl adjacent to an activating group) is 1. The van der Waals surface area contributed by atoms with Crippen molar-refractivity contribution in [3.63, 3.8) is 0 Å². The molecule has 0 saturated carbocycles. The second-order valence-electron chi connectivity index (χ2n) is 4.43. The highest BCUT2D eigenvalue weighted by Crippen LogP contribution is 2.35. The quantitative estimate of drug-likeness (QED) is 0.557. The lowest BCUT2D eigenvalue weighted by molar-refractivity contribution is 0.0184. The van der Waals surface area contributed by atoms with Crippen molar-refractivity contribution >= 4 is 0 Å². The van der Waals surface area contributed by atoms with E-state index in [0.717, 1.165) is 5.56 Å². The summed E-state index contributed by atoms with van der Waals surface area (Å²) in [6, 6.07) is 5.63. The van der Waals surface area contributed by atoms with E-state index in [1.54, 1.807) is 24.1 Å². The number of likely N-dealkylation sites (tertiary alicyclic amines) is 1. The number of aliphatic hydroxyl groups is 3. The van der Waals surface area contributed by atoms with Crippen molar-refractivity contribution in [2.24, 2.45) is 0 Å². The summed E-state index contributed by atoms with van der Waals surface area (Å²) in [4.78, 5) is 1.75. The number of aliphatic hydroxyl groups excluding tert-OH is 3. The molecule has 2 rings (SSSR count). The lowest BCUT2D eigenvalue weighted by Gasteiger charge is -2.25. The van der Waals surface area contributed by atoms with E-state index in [-0.39, 0.29) is 18.4 Å². The molecule has 4 atom stereocenters. The molecule has 0 radical (unpaired) electrons. The molecular formula is C12H17NO4. The van der Waals surface area contributed by atoms with E-state index < -0.39 is 18.2 Å². The Balaban J connectivity index is 2.29. The zero-order chi connectivity index (χ0) is 12.6. The zero-order valence-corrected chi connectivity index (χ0v) is 9.56. The smallest absolute Gasteiger partial charge is 0.115 e. The maximum absolute atomic E-state index is 9.99. The average Bonchev–Trinajstić information content (AvgIpc) is 2.52. The summed E-state index contributed by atoms with van der Waals surface area (Å²) in [7, 11) is 1.75. The molecule has 0 bridgehead atoms. The van der Waals surface area contributed by atoms with E-state index in [1.807, 2.05) is 0 Å². The van der Waals surface area contributed by atoms with E-state index in [1.165, 1.54) is 12.1 Å². The van der Waals surface area contributed by atoms with Crippen LogP contribution in [-0.4, -0.2) is 57.2 Å². The molecule has 5 nitrogen and oxygen atoms in total. The molecule has 94 valence electrons. The molecule has 17 heavy (non-hydrogen) atoms. The van der Waals surface area contributed by atoms with Gasteiger partial charge in [0.15, 0.2) is 0 Å². The first-order chi connectivity index (χ1) is 8.06. The largest absolute Gasteiger partial charge is 0.508 e.